The van der Waals surface area contributed by atoms with Gasteiger partial charge in [-0.1, -0.05) is 5.16 Å². The number of carbonyl (C=O) groups excluding carboxylic acids is 3. The molecular weight excluding hydrogens is 458 g/mol. The smallest absolute Gasteiger partial charge is 0.350 e. The number of likely N-dealkylation sites (N-methyl/N-ethyl adjacent to an activating group) is 1. The number of thiazole rings is 1. The fourth-order valence-electron chi connectivity index (χ4n) is 2.77. The van der Waals surface area contributed by atoms with Crippen LogP contribution in [0.25, 0.3) is 0 Å². The second-order valence-corrected chi connectivity index (χ2v) is 8.43. The Labute approximate surface area is 190 Å². The number of primary amides is 1. The summed E-state index contributed by atoms with van der Waals surface area (Å²) in [5.41, 5.74) is 8.74. The van der Waals surface area contributed by atoms with E-state index in [2.05, 4.69) is 25.5 Å². The van der Waals surface area contributed by atoms with Gasteiger partial charge < -0.3 is 31.6 Å². The summed E-state index contributed by atoms with van der Waals surface area (Å²) in [4.78, 5) is 62.0. The lowest BCUT2D eigenvalue weighted by atomic mass is 9.95. The Morgan fingerprint density at radius 2 is 2.09 bits per heavy atom. The molecule has 6 N–H and O–H groups in total. The van der Waals surface area contributed by atoms with Crippen molar-refractivity contribution in [2.75, 3.05) is 12.8 Å². The molecule has 0 radical (unpaired) electrons. The van der Waals surface area contributed by atoms with Gasteiger partial charge in [0.05, 0.1) is 12.6 Å². The number of oxime groups is 1. The number of β-lactam (4-membered cyclic amide) rings is 1. The van der Waals surface area contributed by atoms with Crippen molar-refractivity contribution in [3.8, 4) is 0 Å². The third kappa shape index (κ3) is 4.89. The van der Waals surface area contributed by atoms with Crippen LogP contribution in [0.2, 0.25) is 0 Å². The van der Waals surface area contributed by atoms with Crippen molar-refractivity contribution in [2.45, 2.75) is 38.1 Å². The molecule has 0 aromatic carbocycles. The molecule has 3 amide bonds. The number of nitrogen functional groups attached to an aromatic ring is 1. The van der Waals surface area contributed by atoms with Crippen molar-refractivity contribution < 1.29 is 29.1 Å². The Balaban J connectivity index is 1.80. The number of anilines is 1. The van der Waals surface area contributed by atoms with Crippen molar-refractivity contribution in [1.82, 2.24) is 30.0 Å². The summed E-state index contributed by atoms with van der Waals surface area (Å²) in [6, 6.07) is -1.49. The van der Waals surface area contributed by atoms with Crippen LogP contribution in [0.4, 0.5) is 5.13 Å². The van der Waals surface area contributed by atoms with Crippen molar-refractivity contribution in [3.63, 3.8) is 0 Å². The molecule has 3 rings (SSSR count). The molecule has 0 spiro atoms. The first kappa shape index (κ1) is 23.6. The second kappa shape index (κ2) is 8.81. The minimum atomic E-state index is -1.73. The SMILES string of the molecule is CN1C(=O)[C@@H](NC(=O)/C(=N\OC(C)(C)C(=O)O)c2csc(N)n2)[C@H]1Cn1cnc(C(N)=O)n1. The Hall–Kier alpha value is -4.08. The molecule has 3 heterocycles. The highest BCUT2D eigenvalue weighted by Gasteiger charge is 2.47. The zero-order chi connectivity index (χ0) is 24.5. The summed E-state index contributed by atoms with van der Waals surface area (Å²) in [6.45, 7) is 2.62. The zero-order valence-corrected chi connectivity index (χ0v) is 18.6. The number of aromatic nitrogens is 4. The number of likely N-dealkylation sites (tertiary alicyclic amines) is 1. The third-order valence-corrected chi connectivity index (χ3v) is 5.45. The van der Waals surface area contributed by atoms with Gasteiger partial charge >= 0.3 is 5.97 Å². The number of amides is 3. The normalized spacial score (nSPS) is 18.6. The Morgan fingerprint density at radius 3 is 2.64 bits per heavy atom. The maximum Gasteiger partial charge on any atom is 0.350 e. The van der Waals surface area contributed by atoms with E-state index in [1.807, 2.05) is 0 Å². The molecule has 1 aliphatic rings. The minimum absolute atomic E-state index is 0.0512. The van der Waals surface area contributed by atoms with Crippen LogP contribution in [0.15, 0.2) is 16.9 Å². The summed E-state index contributed by atoms with van der Waals surface area (Å²) in [6.07, 6.45) is 1.28. The van der Waals surface area contributed by atoms with Crippen molar-refractivity contribution in [1.29, 1.82) is 0 Å². The van der Waals surface area contributed by atoms with Gasteiger partial charge in [0.15, 0.2) is 10.8 Å². The first-order valence-electron chi connectivity index (χ1n) is 9.38. The summed E-state index contributed by atoms with van der Waals surface area (Å²) < 4.78 is 1.32. The number of hydrogen-bond acceptors (Lipinski definition) is 11. The summed E-state index contributed by atoms with van der Waals surface area (Å²) in [5.74, 6) is -3.49. The molecule has 1 aliphatic heterocycles. The van der Waals surface area contributed by atoms with Gasteiger partial charge in [0.1, 0.15) is 18.1 Å². The molecule has 0 unspecified atom stereocenters. The standard InChI is InChI=1S/C17H21N9O6S/c1-17(2,15(30)31)32-24-9(7-5-33-16(19)21-7)13(28)22-10-8(25(3)14(10)29)4-26-6-20-12(23-26)11(18)27/h5-6,8,10H,4H2,1-3H3,(H2,18,27)(H2,19,21)(H,22,28)(H,30,31)/b24-9-/t8-,10+/m1/s1. The highest BCUT2D eigenvalue weighted by Crippen LogP contribution is 2.21. The monoisotopic (exact) mass is 479 g/mol. The average Bonchev–Trinajstić information content (AvgIpc) is 3.39. The predicted molar refractivity (Wildman–Crippen MR) is 113 cm³/mol. The number of carboxylic acid groups (broad SMARTS) is 1. The lowest BCUT2D eigenvalue weighted by Crippen LogP contribution is -2.71. The molecular formula is C17H21N9O6S. The number of hydrogen-bond donors (Lipinski definition) is 4. The Kier molecular flexibility index (Phi) is 6.30. The molecule has 0 aliphatic carbocycles. The molecule has 0 bridgehead atoms. The highest BCUT2D eigenvalue weighted by atomic mass is 32.1. The topological polar surface area (TPSA) is 221 Å². The van der Waals surface area contributed by atoms with Gasteiger partial charge in [-0.2, -0.15) is 0 Å². The van der Waals surface area contributed by atoms with Crippen LogP contribution in [-0.4, -0.2) is 83.9 Å². The van der Waals surface area contributed by atoms with E-state index in [0.717, 1.165) is 11.3 Å². The highest BCUT2D eigenvalue weighted by molar-refractivity contribution is 7.13. The number of nitrogens with one attached hydrogen (secondary N) is 1. The Bertz CT molecular complexity index is 1140. The lowest BCUT2D eigenvalue weighted by Gasteiger charge is -2.44. The lowest BCUT2D eigenvalue weighted by molar-refractivity contribution is -0.161. The van der Waals surface area contributed by atoms with Gasteiger partial charge in [-0.25, -0.2) is 19.4 Å². The van der Waals surface area contributed by atoms with E-state index in [-0.39, 0.29) is 34.8 Å². The molecule has 1 saturated heterocycles. The zero-order valence-electron chi connectivity index (χ0n) is 17.8. The molecule has 176 valence electrons. The van der Waals surface area contributed by atoms with Gasteiger partial charge in [0, 0.05) is 12.4 Å². The van der Waals surface area contributed by atoms with Gasteiger partial charge in [-0.05, 0) is 13.8 Å². The van der Waals surface area contributed by atoms with E-state index in [4.69, 9.17) is 16.3 Å². The van der Waals surface area contributed by atoms with E-state index in [9.17, 15) is 24.3 Å². The largest absolute Gasteiger partial charge is 0.478 e. The number of rotatable bonds is 9. The van der Waals surface area contributed by atoms with Crippen molar-refractivity contribution in [3.05, 3.63) is 23.2 Å². The molecule has 2 aromatic rings. The van der Waals surface area contributed by atoms with Gasteiger partial charge in [-0.15, -0.1) is 16.4 Å². The number of nitrogens with two attached hydrogens (primary N) is 2. The van der Waals surface area contributed by atoms with E-state index in [0.29, 0.717) is 0 Å². The molecule has 16 heteroatoms. The molecule has 2 atom stereocenters. The van der Waals surface area contributed by atoms with Crippen LogP contribution >= 0.6 is 11.3 Å². The van der Waals surface area contributed by atoms with Crippen LogP contribution in [0, 0.1) is 0 Å². The average molecular weight is 479 g/mol. The summed E-state index contributed by atoms with van der Waals surface area (Å²) in [7, 11) is 1.54. The van der Waals surface area contributed by atoms with Crippen molar-refractivity contribution in [2.24, 2.45) is 10.9 Å². The quantitative estimate of drug-likeness (QED) is 0.176. The van der Waals surface area contributed by atoms with E-state index >= 15 is 0 Å². The van der Waals surface area contributed by atoms with E-state index in [1.165, 1.54) is 42.2 Å². The number of carbonyl (C=O) groups is 4. The number of nitrogens with zero attached hydrogens (tertiary/aromatic N) is 6. The molecule has 1 fully saturated rings. The molecule has 0 saturated carbocycles. The van der Waals surface area contributed by atoms with E-state index < -0.39 is 35.5 Å². The van der Waals surface area contributed by atoms with E-state index in [1.54, 1.807) is 0 Å². The van der Waals surface area contributed by atoms with Crippen LogP contribution in [-0.2, 0) is 25.8 Å². The summed E-state index contributed by atoms with van der Waals surface area (Å²) in [5, 5.41) is 21.0. The predicted octanol–water partition coefficient (Wildman–Crippen LogP) is -1.97. The maximum atomic E-state index is 13.0. The first-order chi connectivity index (χ1) is 15.4. The van der Waals surface area contributed by atoms with Crippen LogP contribution in [0.1, 0.15) is 30.2 Å². The molecule has 15 nitrogen and oxygen atoms in total. The second-order valence-electron chi connectivity index (χ2n) is 7.54. The Morgan fingerprint density at radius 1 is 1.39 bits per heavy atom. The fourth-order valence-corrected chi connectivity index (χ4v) is 3.32. The van der Waals surface area contributed by atoms with Gasteiger partial charge in [-0.3, -0.25) is 14.4 Å². The van der Waals surface area contributed by atoms with Crippen LogP contribution in [0.5, 0.6) is 0 Å². The minimum Gasteiger partial charge on any atom is -0.478 e. The molecule has 2 aromatic heterocycles. The summed E-state index contributed by atoms with van der Waals surface area (Å²) >= 11 is 1.04. The van der Waals surface area contributed by atoms with Gasteiger partial charge in [0.25, 0.3) is 11.8 Å². The third-order valence-electron chi connectivity index (χ3n) is 4.77. The fraction of sp³-hybridized carbons (Fsp3) is 0.412. The molecule has 33 heavy (non-hydrogen) atoms. The number of aliphatic carboxylic acids is 1. The first-order valence-corrected chi connectivity index (χ1v) is 10.3. The van der Waals surface area contributed by atoms with Crippen LogP contribution < -0.4 is 16.8 Å². The van der Waals surface area contributed by atoms with Gasteiger partial charge in [0.2, 0.25) is 17.3 Å². The van der Waals surface area contributed by atoms with Crippen LogP contribution in [0.3, 0.4) is 0 Å². The van der Waals surface area contributed by atoms with Crippen molar-refractivity contribution >= 4 is 45.9 Å². The number of carboxylic acids is 1. The maximum absolute atomic E-state index is 13.0.